The Hall–Kier alpha value is -3.33. The van der Waals surface area contributed by atoms with Crippen LogP contribution in [0.25, 0.3) is 0 Å². The number of alkyl halides is 3. The van der Waals surface area contributed by atoms with Crippen LogP contribution >= 0.6 is 12.4 Å². The summed E-state index contributed by atoms with van der Waals surface area (Å²) in [4.78, 5) is 22.4. The molecule has 3 aromatic rings. The van der Waals surface area contributed by atoms with E-state index < -0.39 is 11.7 Å². The molecule has 10 heteroatoms. The molecule has 1 aliphatic rings. The van der Waals surface area contributed by atoms with Crippen LogP contribution in [0.2, 0.25) is 0 Å². The van der Waals surface area contributed by atoms with Crippen molar-refractivity contribution in [2.75, 3.05) is 19.7 Å². The summed E-state index contributed by atoms with van der Waals surface area (Å²) in [5, 5.41) is 0. The zero-order valence-corrected chi connectivity index (χ0v) is 20.3. The van der Waals surface area contributed by atoms with Crippen LogP contribution < -0.4 is 9.47 Å². The minimum atomic E-state index is -4.39. The second kappa shape index (κ2) is 12.6. The molecule has 0 spiro atoms. The van der Waals surface area contributed by atoms with E-state index in [1.165, 1.54) is 12.1 Å². The zero-order chi connectivity index (χ0) is 24.7. The van der Waals surface area contributed by atoms with Gasteiger partial charge in [-0.1, -0.05) is 24.3 Å². The zero-order valence-electron chi connectivity index (χ0n) is 19.5. The molecule has 36 heavy (non-hydrogen) atoms. The van der Waals surface area contributed by atoms with Crippen molar-refractivity contribution in [3.05, 3.63) is 83.9 Å². The third-order valence-electron chi connectivity index (χ3n) is 5.81. The first-order chi connectivity index (χ1) is 16.9. The van der Waals surface area contributed by atoms with Crippen molar-refractivity contribution < 1.29 is 27.4 Å². The van der Waals surface area contributed by atoms with Gasteiger partial charge in [-0.05, 0) is 23.8 Å². The fraction of sp³-hybridized carbons (Fsp3) is 0.346. The van der Waals surface area contributed by atoms with Gasteiger partial charge >= 0.3 is 6.18 Å². The number of likely N-dealkylation sites (tertiary alicyclic amines) is 1. The first kappa shape index (κ1) is 27.3. The number of hydrogen-bond acceptors (Lipinski definition) is 5. The van der Waals surface area contributed by atoms with E-state index >= 15 is 0 Å². The Morgan fingerprint density at radius 3 is 2.50 bits per heavy atom. The van der Waals surface area contributed by atoms with Crippen molar-refractivity contribution in [1.82, 2.24) is 14.9 Å². The van der Waals surface area contributed by atoms with Gasteiger partial charge in [-0.3, -0.25) is 14.8 Å². The standard InChI is InChI=1S/C26H26F3N3O3.ClH/c27-26(28,29)24-7-2-1-4-19(24)10-15-34-22-5-3-6-23(17-22)35-21-8-13-32(14-9-21)25(33)16-20-18-30-11-12-31-20;/h1-7,11-12,17-18,21H,8-10,13-16H2;1H. The van der Waals surface area contributed by atoms with Crippen LogP contribution in [-0.4, -0.2) is 46.6 Å². The maximum absolute atomic E-state index is 13.2. The summed E-state index contributed by atoms with van der Waals surface area (Å²) in [6.07, 6.45) is 2.08. The quantitative estimate of drug-likeness (QED) is 0.410. The van der Waals surface area contributed by atoms with Crippen molar-refractivity contribution in [3.8, 4) is 11.5 Å². The lowest BCUT2D eigenvalue weighted by Gasteiger charge is -2.32. The Kier molecular flexibility index (Phi) is 9.52. The summed E-state index contributed by atoms with van der Waals surface area (Å²) < 4.78 is 51.3. The van der Waals surface area contributed by atoms with Crippen molar-refractivity contribution in [2.45, 2.75) is 38.0 Å². The highest BCUT2D eigenvalue weighted by molar-refractivity contribution is 5.85. The highest BCUT2D eigenvalue weighted by Crippen LogP contribution is 2.32. The number of benzene rings is 2. The Bertz CT molecular complexity index is 1120. The predicted octanol–water partition coefficient (Wildman–Crippen LogP) is 5.15. The van der Waals surface area contributed by atoms with Crippen LogP contribution in [0.5, 0.6) is 11.5 Å². The van der Waals surface area contributed by atoms with Gasteiger partial charge in [-0.25, -0.2) is 0 Å². The van der Waals surface area contributed by atoms with E-state index in [0.29, 0.717) is 43.1 Å². The van der Waals surface area contributed by atoms with E-state index in [0.717, 1.165) is 6.07 Å². The fourth-order valence-corrected chi connectivity index (χ4v) is 4.03. The number of piperidine rings is 1. The lowest BCUT2D eigenvalue weighted by molar-refractivity contribution is -0.138. The van der Waals surface area contributed by atoms with Crippen LogP contribution in [-0.2, 0) is 23.8 Å². The molecule has 1 aromatic heterocycles. The minimum Gasteiger partial charge on any atom is -0.493 e. The second-order valence-electron chi connectivity index (χ2n) is 8.30. The van der Waals surface area contributed by atoms with Crippen LogP contribution in [0.4, 0.5) is 13.2 Å². The number of hydrogen-bond donors (Lipinski definition) is 0. The van der Waals surface area contributed by atoms with Crippen LogP contribution in [0, 0.1) is 0 Å². The number of aromatic nitrogens is 2. The lowest BCUT2D eigenvalue weighted by Crippen LogP contribution is -2.42. The summed E-state index contributed by atoms with van der Waals surface area (Å²) >= 11 is 0. The first-order valence-corrected chi connectivity index (χ1v) is 11.5. The highest BCUT2D eigenvalue weighted by atomic mass is 35.5. The number of amides is 1. The number of halogens is 4. The van der Waals surface area contributed by atoms with Crippen molar-refractivity contribution >= 4 is 18.3 Å². The van der Waals surface area contributed by atoms with Crippen molar-refractivity contribution in [3.63, 3.8) is 0 Å². The largest absolute Gasteiger partial charge is 0.493 e. The van der Waals surface area contributed by atoms with Gasteiger partial charge in [-0.2, -0.15) is 13.2 Å². The minimum absolute atomic E-state index is 0. The van der Waals surface area contributed by atoms with E-state index in [1.807, 2.05) is 11.0 Å². The molecule has 0 bridgehead atoms. The predicted molar refractivity (Wildman–Crippen MR) is 130 cm³/mol. The topological polar surface area (TPSA) is 64.6 Å². The molecular formula is C26H27ClF3N3O3. The van der Waals surface area contributed by atoms with Gasteiger partial charge < -0.3 is 14.4 Å². The van der Waals surface area contributed by atoms with Gasteiger partial charge in [0, 0.05) is 57.0 Å². The van der Waals surface area contributed by atoms with Crippen LogP contribution in [0.3, 0.4) is 0 Å². The van der Waals surface area contributed by atoms with Gasteiger partial charge in [0.1, 0.15) is 17.6 Å². The fourth-order valence-electron chi connectivity index (χ4n) is 4.03. The lowest BCUT2D eigenvalue weighted by atomic mass is 10.0. The molecule has 1 aliphatic heterocycles. The van der Waals surface area contributed by atoms with Gasteiger partial charge in [-0.15, -0.1) is 12.4 Å². The summed E-state index contributed by atoms with van der Waals surface area (Å²) in [5.74, 6) is 1.18. The maximum atomic E-state index is 13.2. The van der Waals surface area contributed by atoms with E-state index in [-0.39, 0.29) is 49.4 Å². The van der Waals surface area contributed by atoms with Crippen LogP contribution in [0.15, 0.2) is 67.1 Å². The number of carbonyl (C=O) groups excluding carboxylic acids is 1. The van der Waals surface area contributed by atoms with E-state index in [2.05, 4.69) is 9.97 Å². The van der Waals surface area contributed by atoms with Crippen molar-refractivity contribution in [1.29, 1.82) is 0 Å². The summed E-state index contributed by atoms with van der Waals surface area (Å²) in [7, 11) is 0. The van der Waals surface area contributed by atoms with E-state index in [4.69, 9.17) is 9.47 Å². The Morgan fingerprint density at radius 2 is 1.78 bits per heavy atom. The summed E-state index contributed by atoms with van der Waals surface area (Å²) in [6, 6.07) is 12.6. The molecule has 1 amide bonds. The molecule has 0 saturated carbocycles. The number of nitrogens with zero attached hydrogens (tertiary/aromatic N) is 3. The Morgan fingerprint density at radius 1 is 1.03 bits per heavy atom. The smallest absolute Gasteiger partial charge is 0.416 e. The van der Waals surface area contributed by atoms with Gasteiger partial charge in [0.15, 0.2) is 0 Å². The molecule has 2 aromatic carbocycles. The number of rotatable bonds is 8. The average molecular weight is 522 g/mol. The molecule has 0 N–H and O–H groups in total. The van der Waals surface area contributed by atoms with Crippen LogP contribution in [0.1, 0.15) is 29.7 Å². The molecule has 0 radical (unpaired) electrons. The molecular weight excluding hydrogens is 495 g/mol. The molecule has 0 atom stereocenters. The Balaban J connectivity index is 0.00000361. The molecule has 6 nitrogen and oxygen atoms in total. The third kappa shape index (κ3) is 7.58. The molecule has 4 rings (SSSR count). The van der Waals surface area contributed by atoms with Gasteiger partial charge in [0.2, 0.25) is 5.91 Å². The molecule has 0 unspecified atom stereocenters. The number of carbonyl (C=O) groups is 1. The Labute approximate surface area is 213 Å². The molecule has 2 heterocycles. The number of ether oxygens (including phenoxy) is 2. The van der Waals surface area contributed by atoms with Crippen molar-refractivity contribution in [2.24, 2.45) is 0 Å². The molecule has 1 saturated heterocycles. The SMILES string of the molecule is Cl.O=C(Cc1cnccn1)N1CCC(Oc2cccc(OCCc3ccccc3C(F)(F)F)c2)CC1. The normalized spacial score (nSPS) is 14.1. The average Bonchev–Trinajstić information content (AvgIpc) is 2.85. The molecule has 0 aliphatic carbocycles. The first-order valence-electron chi connectivity index (χ1n) is 11.5. The van der Waals surface area contributed by atoms with Gasteiger partial charge in [0.05, 0.1) is 24.3 Å². The highest BCUT2D eigenvalue weighted by Gasteiger charge is 2.32. The van der Waals surface area contributed by atoms with E-state index in [1.54, 1.807) is 42.9 Å². The van der Waals surface area contributed by atoms with Gasteiger partial charge in [0.25, 0.3) is 0 Å². The third-order valence-corrected chi connectivity index (χ3v) is 5.81. The second-order valence-corrected chi connectivity index (χ2v) is 8.30. The maximum Gasteiger partial charge on any atom is 0.416 e. The summed E-state index contributed by atoms with van der Waals surface area (Å²) in [5.41, 5.74) is 0.213. The molecule has 1 fully saturated rings. The summed E-state index contributed by atoms with van der Waals surface area (Å²) in [6.45, 7) is 1.31. The van der Waals surface area contributed by atoms with E-state index in [9.17, 15) is 18.0 Å². The monoisotopic (exact) mass is 521 g/mol. The molecule has 192 valence electrons.